The van der Waals surface area contributed by atoms with Gasteiger partial charge in [-0.1, -0.05) is 12.1 Å². The van der Waals surface area contributed by atoms with Crippen LogP contribution in [0.4, 0.5) is 0 Å². The predicted molar refractivity (Wildman–Crippen MR) is 72.2 cm³/mol. The molecule has 0 aromatic heterocycles. The van der Waals surface area contributed by atoms with E-state index in [0.717, 1.165) is 30.8 Å². The minimum Gasteiger partial charge on any atom is -0.487 e. The van der Waals surface area contributed by atoms with E-state index < -0.39 is 0 Å². The molecule has 2 N–H and O–H groups in total. The van der Waals surface area contributed by atoms with Gasteiger partial charge < -0.3 is 10.5 Å². The summed E-state index contributed by atoms with van der Waals surface area (Å²) in [5, 5.41) is 0. The molecule has 0 bridgehead atoms. The average Bonchev–Trinajstić information content (AvgIpc) is 2.38. The minimum atomic E-state index is 0.0733. The van der Waals surface area contributed by atoms with Crippen LogP contribution < -0.4 is 10.5 Å². The summed E-state index contributed by atoms with van der Waals surface area (Å²) in [5.41, 5.74) is 6.14. The van der Waals surface area contributed by atoms with Crippen LogP contribution in [0.2, 0.25) is 0 Å². The Bertz CT molecular complexity index is 413. The molecule has 0 radical (unpaired) electrons. The number of hydrogen-bond acceptors (Lipinski definition) is 3. The third-order valence-corrected chi connectivity index (χ3v) is 4.01. The molecule has 0 spiro atoms. The maximum absolute atomic E-state index is 6.14. The van der Waals surface area contributed by atoms with Gasteiger partial charge in [0.05, 0.1) is 0 Å². The number of para-hydroxylation sites is 1. The fourth-order valence-corrected chi connectivity index (χ4v) is 2.96. The third kappa shape index (κ3) is 3.18. The molecule has 1 aromatic rings. The smallest absolute Gasteiger partial charge is 0.133 e. The summed E-state index contributed by atoms with van der Waals surface area (Å²) in [6, 6.07) is 8.18. The number of unbranched alkanes of at least 4 members (excludes halogenated alkanes) is 1. The van der Waals surface area contributed by atoms with Crippen molar-refractivity contribution in [2.75, 3.05) is 5.75 Å². The molecule has 2 rings (SSSR count). The molecular formula is C14H17NOS. The van der Waals surface area contributed by atoms with Crippen molar-refractivity contribution in [2.24, 2.45) is 5.73 Å². The fourth-order valence-electron chi connectivity index (χ4n) is 1.87. The lowest BCUT2D eigenvalue weighted by Gasteiger charge is -2.29. The number of ether oxygens (including phenoxy) is 1. The largest absolute Gasteiger partial charge is 0.487 e. The molecule has 90 valence electrons. The average molecular weight is 247 g/mol. The molecule has 1 aliphatic heterocycles. The van der Waals surface area contributed by atoms with Crippen molar-refractivity contribution >= 4 is 11.8 Å². The summed E-state index contributed by atoms with van der Waals surface area (Å²) < 4.78 is 5.93. The lowest BCUT2D eigenvalue weighted by molar-refractivity contribution is 0.179. The number of thioether (sulfide) groups is 1. The molecule has 0 fully saturated rings. The number of fused-ring (bicyclic) bond motifs is 1. The van der Waals surface area contributed by atoms with Gasteiger partial charge in [-0.2, -0.15) is 0 Å². The van der Waals surface area contributed by atoms with Crippen molar-refractivity contribution in [2.45, 2.75) is 36.3 Å². The van der Waals surface area contributed by atoms with Crippen LogP contribution in [-0.2, 0) is 0 Å². The van der Waals surface area contributed by atoms with E-state index in [-0.39, 0.29) is 12.1 Å². The normalized spacial score (nSPS) is 19.9. The van der Waals surface area contributed by atoms with Crippen molar-refractivity contribution in [3.05, 3.63) is 24.3 Å². The Morgan fingerprint density at radius 1 is 1.53 bits per heavy atom. The van der Waals surface area contributed by atoms with E-state index in [2.05, 4.69) is 12.0 Å². The van der Waals surface area contributed by atoms with Gasteiger partial charge in [-0.05, 0) is 25.0 Å². The molecule has 0 saturated carbocycles. The Balaban J connectivity index is 1.91. The van der Waals surface area contributed by atoms with Crippen LogP contribution in [0.1, 0.15) is 19.3 Å². The first-order chi connectivity index (χ1) is 8.31. The molecule has 1 aromatic carbocycles. The van der Waals surface area contributed by atoms with Crippen molar-refractivity contribution in [3.8, 4) is 18.1 Å². The zero-order valence-electron chi connectivity index (χ0n) is 9.76. The van der Waals surface area contributed by atoms with E-state index in [4.69, 9.17) is 16.9 Å². The van der Waals surface area contributed by atoms with Gasteiger partial charge in [0, 0.05) is 23.1 Å². The molecule has 2 nitrogen and oxygen atoms in total. The predicted octanol–water partition coefficient (Wildman–Crippen LogP) is 2.67. The summed E-state index contributed by atoms with van der Waals surface area (Å²) in [7, 11) is 0. The van der Waals surface area contributed by atoms with Crippen LogP contribution in [0.25, 0.3) is 0 Å². The second kappa shape index (κ2) is 6.00. The quantitative estimate of drug-likeness (QED) is 0.656. The van der Waals surface area contributed by atoms with Crippen LogP contribution in [-0.4, -0.2) is 17.9 Å². The highest BCUT2D eigenvalue weighted by Gasteiger charge is 2.25. The molecule has 3 heteroatoms. The van der Waals surface area contributed by atoms with Gasteiger partial charge in [0.2, 0.25) is 0 Å². The summed E-state index contributed by atoms with van der Waals surface area (Å²) in [4.78, 5) is 1.21. The van der Waals surface area contributed by atoms with Gasteiger partial charge in [0.15, 0.2) is 0 Å². The van der Waals surface area contributed by atoms with Gasteiger partial charge in [-0.3, -0.25) is 0 Å². The highest BCUT2D eigenvalue weighted by atomic mass is 32.2. The lowest BCUT2D eigenvalue weighted by atomic mass is 10.1. The molecular weight excluding hydrogens is 230 g/mol. The second-order valence-electron chi connectivity index (χ2n) is 4.17. The summed E-state index contributed by atoms with van der Waals surface area (Å²) in [5.74, 6) is 4.52. The molecule has 1 heterocycles. The zero-order chi connectivity index (χ0) is 12.1. The Morgan fingerprint density at radius 2 is 2.35 bits per heavy atom. The molecule has 0 aliphatic carbocycles. The molecule has 1 aliphatic rings. The third-order valence-electron chi connectivity index (χ3n) is 2.87. The van der Waals surface area contributed by atoms with Crippen molar-refractivity contribution in [1.82, 2.24) is 0 Å². The number of benzene rings is 1. The van der Waals surface area contributed by atoms with Crippen molar-refractivity contribution in [3.63, 3.8) is 0 Å². The zero-order valence-corrected chi connectivity index (χ0v) is 10.6. The van der Waals surface area contributed by atoms with E-state index in [1.54, 1.807) is 0 Å². The minimum absolute atomic E-state index is 0.0733. The Labute approximate surface area is 107 Å². The topological polar surface area (TPSA) is 35.2 Å². The molecule has 2 atom stereocenters. The fraction of sp³-hybridized carbons (Fsp3) is 0.429. The van der Waals surface area contributed by atoms with Gasteiger partial charge >= 0.3 is 0 Å². The van der Waals surface area contributed by atoms with Gasteiger partial charge in [0.25, 0.3) is 0 Å². The van der Waals surface area contributed by atoms with Crippen LogP contribution in [0.15, 0.2) is 29.2 Å². The Kier molecular flexibility index (Phi) is 4.36. The van der Waals surface area contributed by atoms with E-state index in [1.165, 1.54) is 4.90 Å². The first-order valence-corrected chi connectivity index (χ1v) is 6.87. The first-order valence-electron chi connectivity index (χ1n) is 5.89. The second-order valence-corrected chi connectivity index (χ2v) is 5.24. The van der Waals surface area contributed by atoms with Crippen LogP contribution in [0, 0.1) is 12.3 Å². The molecule has 0 saturated heterocycles. The molecule has 0 amide bonds. The maximum atomic E-state index is 6.14. The van der Waals surface area contributed by atoms with Crippen LogP contribution in [0.5, 0.6) is 5.75 Å². The summed E-state index contributed by atoms with van der Waals surface area (Å²) >= 11 is 1.82. The SMILES string of the molecule is C#CCCCC(N)C1CSc2ccccc2O1. The Hall–Kier alpha value is -1.11. The van der Waals surface area contributed by atoms with E-state index in [0.29, 0.717) is 0 Å². The van der Waals surface area contributed by atoms with E-state index in [1.807, 2.05) is 30.0 Å². The van der Waals surface area contributed by atoms with Gasteiger partial charge in [-0.25, -0.2) is 0 Å². The van der Waals surface area contributed by atoms with Crippen molar-refractivity contribution < 1.29 is 4.74 Å². The van der Waals surface area contributed by atoms with Crippen LogP contribution >= 0.6 is 11.8 Å². The lowest BCUT2D eigenvalue weighted by Crippen LogP contribution is -2.42. The number of hydrogen-bond donors (Lipinski definition) is 1. The standard InChI is InChI=1S/C14H17NOS/c1-2-3-4-7-11(15)13-10-17-14-9-6-5-8-12(14)16-13/h1,5-6,8-9,11,13H,3-4,7,10,15H2. The number of terminal acetylenes is 1. The van der Waals surface area contributed by atoms with E-state index >= 15 is 0 Å². The van der Waals surface area contributed by atoms with E-state index in [9.17, 15) is 0 Å². The molecule has 2 unspecified atom stereocenters. The maximum Gasteiger partial charge on any atom is 0.133 e. The number of nitrogens with two attached hydrogens (primary N) is 1. The van der Waals surface area contributed by atoms with Crippen LogP contribution in [0.3, 0.4) is 0 Å². The van der Waals surface area contributed by atoms with Gasteiger partial charge in [-0.15, -0.1) is 24.1 Å². The van der Waals surface area contributed by atoms with Crippen molar-refractivity contribution in [1.29, 1.82) is 0 Å². The number of rotatable bonds is 4. The summed E-state index contributed by atoms with van der Waals surface area (Å²) in [6.07, 6.45) is 8.03. The molecule has 17 heavy (non-hydrogen) atoms. The Morgan fingerprint density at radius 3 is 3.18 bits per heavy atom. The highest BCUT2D eigenvalue weighted by Crippen LogP contribution is 2.35. The van der Waals surface area contributed by atoms with Gasteiger partial charge in [0.1, 0.15) is 11.9 Å². The summed E-state index contributed by atoms with van der Waals surface area (Å²) in [6.45, 7) is 0. The first kappa shape index (κ1) is 12.3. The monoisotopic (exact) mass is 247 g/mol. The highest BCUT2D eigenvalue weighted by molar-refractivity contribution is 7.99.